The van der Waals surface area contributed by atoms with E-state index in [1.807, 2.05) is 31.2 Å². The molecule has 1 aliphatic rings. The molecule has 0 radical (unpaired) electrons. The average molecular weight is 271 g/mol. The van der Waals surface area contributed by atoms with E-state index in [0.717, 1.165) is 17.1 Å². The van der Waals surface area contributed by atoms with Crippen molar-refractivity contribution in [3.63, 3.8) is 0 Å². The molecule has 0 spiro atoms. The van der Waals surface area contributed by atoms with Gasteiger partial charge in [-0.25, -0.2) is 4.98 Å². The van der Waals surface area contributed by atoms with Crippen LogP contribution in [0.1, 0.15) is 24.4 Å². The Bertz CT molecular complexity index is 595. The zero-order valence-corrected chi connectivity index (χ0v) is 11.3. The molecule has 0 aliphatic carbocycles. The molecule has 1 aliphatic heterocycles. The topological polar surface area (TPSA) is 67.0 Å². The normalized spacial score (nSPS) is 18.8. The number of aromatic amines is 1. The number of hydrogen-bond acceptors (Lipinski definition) is 3. The molecule has 104 valence electrons. The van der Waals surface area contributed by atoms with Gasteiger partial charge in [0.1, 0.15) is 18.2 Å². The lowest BCUT2D eigenvalue weighted by atomic mass is 9.96. The first-order chi connectivity index (χ1) is 9.74. The lowest BCUT2D eigenvalue weighted by molar-refractivity contribution is -0.127. The second-order valence-corrected chi connectivity index (χ2v) is 5.02. The summed E-state index contributed by atoms with van der Waals surface area (Å²) in [7, 11) is 0. The molecule has 2 heterocycles. The van der Waals surface area contributed by atoms with Crippen LogP contribution in [-0.2, 0) is 11.2 Å². The minimum absolute atomic E-state index is 0.00315. The van der Waals surface area contributed by atoms with Gasteiger partial charge in [-0.3, -0.25) is 4.79 Å². The number of amides is 1. The minimum Gasteiger partial charge on any atom is -0.492 e. The Kier molecular flexibility index (Phi) is 3.41. The summed E-state index contributed by atoms with van der Waals surface area (Å²) in [4.78, 5) is 19.4. The highest BCUT2D eigenvalue weighted by Gasteiger charge is 2.27. The van der Waals surface area contributed by atoms with Crippen molar-refractivity contribution in [3.05, 3.63) is 48.0 Å². The lowest BCUT2D eigenvalue weighted by Crippen LogP contribution is -2.38. The summed E-state index contributed by atoms with van der Waals surface area (Å²) in [6.45, 7) is 2.34. The first-order valence-electron chi connectivity index (χ1n) is 6.74. The van der Waals surface area contributed by atoms with E-state index in [-0.39, 0.29) is 17.9 Å². The van der Waals surface area contributed by atoms with Crippen LogP contribution in [0.3, 0.4) is 0 Å². The van der Waals surface area contributed by atoms with Gasteiger partial charge in [-0.1, -0.05) is 18.2 Å². The third kappa shape index (κ3) is 2.52. The maximum atomic E-state index is 12.3. The first kappa shape index (κ1) is 12.7. The fraction of sp³-hybridized carbons (Fsp3) is 0.333. The first-order valence-corrected chi connectivity index (χ1v) is 6.74. The summed E-state index contributed by atoms with van der Waals surface area (Å²) in [5, 5.41) is 2.97. The number of carbonyl (C=O) groups excluding carboxylic acids is 1. The second-order valence-electron chi connectivity index (χ2n) is 5.02. The molecule has 0 saturated heterocycles. The summed E-state index contributed by atoms with van der Waals surface area (Å²) in [5.74, 6) is 1.50. The van der Waals surface area contributed by atoms with Crippen molar-refractivity contribution in [2.75, 3.05) is 6.61 Å². The van der Waals surface area contributed by atoms with Crippen LogP contribution in [0.2, 0.25) is 0 Å². The number of imidazole rings is 1. The van der Waals surface area contributed by atoms with Gasteiger partial charge in [0.2, 0.25) is 5.91 Å². The Morgan fingerprint density at radius 2 is 2.35 bits per heavy atom. The van der Waals surface area contributed by atoms with Crippen LogP contribution in [0.15, 0.2) is 36.7 Å². The number of fused-ring (bicyclic) bond motifs is 1. The van der Waals surface area contributed by atoms with Crippen molar-refractivity contribution in [3.8, 4) is 5.75 Å². The molecule has 1 aromatic heterocycles. The van der Waals surface area contributed by atoms with Crippen molar-refractivity contribution in [2.24, 2.45) is 5.92 Å². The van der Waals surface area contributed by atoms with Crippen LogP contribution in [0, 0.1) is 5.92 Å². The number of rotatable bonds is 3. The van der Waals surface area contributed by atoms with Gasteiger partial charge in [0.05, 0.1) is 12.0 Å². The van der Waals surface area contributed by atoms with Crippen LogP contribution >= 0.6 is 0 Å². The van der Waals surface area contributed by atoms with Crippen molar-refractivity contribution in [2.45, 2.75) is 19.4 Å². The molecule has 2 atom stereocenters. The Balaban J connectivity index is 1.64. The highest BCUT2D eigenvalue weighted by Crippen LogP contribution is 2.27. The van der Waals surface area contributed by atoms with Crippen LogP contribution < -0.4 is 10.1 Å². The molecule has 2 aromatic rings. The summed E-state index contributed by atoms with van der Waals surface area (Å²) in [5.41, 5.74) is 1.09. The van der Waals surface area contributed by atoms with Crippen LogP contribution in [0.5, 0.6) is 5.75 Å². The van der Waals surface area contributed by atoms with Gasteiger partial charge >= 0.3 is 0 Å². The predicted molar refractivity (Wildman–Crippen MR) is 74.3 cm³/mol. The quantitative estimate of drug-likeness (QED) is 0.895. The molecule has 0 fully saturated rings. The summed E-state index contributed by atoms with van der Waals surface area (Å²) in [6.07, 6.45) is 4.14. The van der Waals surface area contributed by atoms with Crippen molar-refractivity contribution in [1.29, 1.82) is 0 Å². The smallest absolute Gasteiger partial charge is 0.227 e. The number of ether oxygens (including phenoxy) is 1. The van der Waals surface area contributed by atoms with E-state index in [1.54, 1.807) is 12.4 Å². The number of carbonyl (C=O) groups is 1. The molecule has 20 heavy (non-hydrogen) atoms. The van der Waals surface area contributed by atoms with E-state index in [0.29, 0.717) is 13.0 Å². The molecular formula is C15H17N3O2. The standard InChI is InChI=1S/C15H17N3O2/c1-10(14-16-6-7-17-14)18-15(19)12-8-11-4-2-3-5-13(11)20-9-12/h2-7,10,12H,8-9H2,1H3,(H,16,17)(H,18,19). The molecule has 5 nitrogen and oxygen atoms in total. The molecule has 3 rings (SSSR count). The number of aromatic nitrogens is 2. The van der Waals surface area contributed by atoms with E-state index in [9.17, 15) is 4.79 Å². The van der Waals surface area contributed by atoms with Gasteiger partial charge in [0.25, 0.3) is 0 Å². The summed E-state index contributed by atoms with van der Waals surface area (Å²) in [6, 6.07) is 7.72. The number of para-hydroxylation sites is 1. The van der Waals surface area contributed by atoms with E-state index in [2.05, 4.69) is 15.3 Å². The van der Waals surface area contributed by atoms with Gasteiger partial charge in [0.15, 0.2) is 0 Å². The Morgan fingerprint density at radius 1 is 1.50 bits per heavy atom. The third-order valence-corrected chi connectivity index (χ3v) is 3.54. The van der Waals surface area contributed by atoms with Gasteiger partial charge in [-0.05, 0) is 25.0 Å². The Labute approximate surface area is 117 Å². The van der Waals surface area contributed by atoms with Crippen molar-refractivity contribution >= 4 is 5.91 Å². The highest BCUT2D eigenvalue weighted by molar-refractivity contribution is 5.80. The monoisotopic (exact) mass is 271 g/mol. The third-order valence-electron chi connectivity index (χ3n) is 3.54. The zero-order chi connectivity index (χ0) is 13.9. The number of hydrogen-bond donors (Lipinski definition) is 2. The molecule has 2 N–H and O–H groups in total. The van der Waals surface area contributed by atoms with Crippen LogP contribution in [-0.4, -0.2) is 22.5 Å². The van der Waals surface area contributed by atoms with E-state index in [1.165, 1.54) is 0 Å². The lowest BCUT2D eigenvalue weighted by Gasteiger charge is -2.25. The fourth-order valence-corrected chi connectivity index (χ4v) is 2.41. The number of benzene rings is 1. The van der Waals surface area contributed by atoms with Gasteiger partial charge in [0, 0.05) is 12.4 Å². The van der Waals surface area contributed by atoms with E-state index in [4.69, 9.17) is 4.74 Å². The SMILES string of the molecule is CC(NC(=O)C1COc2ccccc2C1)c1ncc[nH]1. The fourth-order valence-electron chi connectivity index (χ4n) is 2.41. The molecule has 1 aromatic carbocycles. The molecule has 5 heteroatoms. The zero-order valence-electron chi connectivity index (χ0n) is 11.3. The minimum atomic E-state index is -0.151. The van der Waals surface area contributed by atoms with Crippen LogP contribution in [0.25, 0.3) is 0 Å². The summed E-state index contributed by atoms with van der Waals surface area (Å²) >= 11 is 0. The van der Waals surface area contributed by atoms with Crippen LogP contribution in [0.4, 0.5) is 0 Å². The Hall–Kier alpha value is -2.30. The maximum absolute atomic E-state index is 12.3. The Morgan fingerprint density at radius 3 is 3.15 bits per heavy atom. The number of nitrogens with zero attached hydrogens (tertiary/aromatic N) is 1. The molecule has 0 saturated carbocycles. The average Bonchev–Trinajstić information content (AvgIpc) is 3.01. The molecule has 0 bridgehead atoms. The van der Waals surface area contributed by atoms with Crippen molar-refractivity contribution < 1.29 is 9.53 Å². The largest absolute Gasteiger partial charge is 0.492 e. The van der Waals surface area contributed by atoms with Gasteiger partial charge in [-0.15, -0.1) is 0 Å². The molecular weight excluding hydrogens is 254 g/mol. The number of nitrogens with one attached hydrogen (secondary N) is 2. The maximum Gasteiger partial charge on any atom is 0.227 e. The van der Waals surface area contributed by atoms with Gasteiger partial charge < -0.3 is 15.0 Å². The van der Waals surface area contributed by atoms with E-state index < -0.39 is 0 Å². The van der Waals surface area contributed by atoms with E-state index >= 15 is 0 Å². The highest BCUT2D eigenvalue weighted by atomic mass is 16.5. The van der Waals surface area contributed by atoms with Crippen molar-refractivity contribution in [1.82, 2.24) is 15.3 Å². The predicted octanol–water partition coefficient (Wildman–Crippen LogP) is 1.84. The summed E-state index contributed by atoms with van der Waals surface area (Å²) < 4.78 is 5.65. The van der Waals surface area contributed by atoms with Gasteiger partial charge in [-0.2, -0.15) is 0 Å². The molecule has 2 unspecified atom stereocenters. The second kappa shape index (κ2) is 5.36. The molecule has 1 amide bonds. The number of H-pyrrole nitrogens is 1.